The highest BCUT2D eigenvalue weighted by Gasteiger charge is 2.45. The van der Waals surface area contributed by atoms with Gasteiger partial charge in [0.05, 0.1) is 5.92 Å². The van der Waals surface area contributed by atoms with E-state index in [0.717, 1.165) is 18.4 Å². The van der Waals surface area contributed by atoms with Crippen molar-refractivity contribution >= 4 is 41.3 Å². The Hall–Kier alpha value is -3.96. The standard InChI is InChI=1S/C37H60N6O6/c1-9-37(7,8)27-22-30(45)43(34(27)48)21-12-10-11-15-29(44)42-31(24(2)3)33(47)41-28(14-13-20-39-35(38)49)32(46)40-26-18-16-25(17-19-26)23-36(4,5)6/h16-19,24,27-28,31H,9-15,20-23H2,1-8H3,(H,40,46)(H,41,47)(H,42,44)(H3,38,39,49)/t27?,28-,31?/m1/s1. The monoisotopic (exact) mass is 684 g/mol. The average Bonchev–Trinajstić information content (AvgIpc) is 3.30. The molecule has 1 aromatic rings. The molecular weight excluding hydrogens is 624 g/mol. The highest BCUT2D eigenvalue weighted by atomic mass is 16.2. The summed E-state index contributed by atoms with van der Waals surface area (Å²) in [5.41, 5.74) is 6.79. The number of hydrogen-bond donors (Lipinski definition) is 5. The van der Waals surface area contributed by atoms with E-state index in [2.05, 4.69) is 42.0 Å². The maximum atomic E-state index is 13.4. The highest BCUT2D eigenvalue weighted by molar-refractivity contribution is 6.04. The van der Waals surface area contributed by atoms with Gasteiger partial charge in [0.15, 0.2) is 0 Å². The minimum Gasteiger partial charge on any atom is -0.352 e. The summed E-state index contributed by atoms with van der Waals surface area (Å²) < 4.78 is 0. The Balaban J connectivity index is 1.94. The summed E-state index contributed by atoms with van der Waals surface area (Å²) in [4.78, 5) is 77.5. The third-order valence-corrected chi connectivity index (χ3v) is 9.21. The zero-order valence-corrected chi connectivity index (χ0v) is 30.9. The molecule has 2 rings (SSSR count). The number of carbonyl (C=O) groups is 6. The first-order valence-corrected chi connectivity index (χ1v) is 17.7. The third kappa shape index (κ3) is 13.8. The van der Waals surface area contributed by atoms with E-state index in [1.165, 1.54) is 4.90 Å². The summed E-state index contributed by atoms with van der Waals surface area (Å²) in [5.74, 6) is -1.99. The van der Waals surface area contributed by atoms with Crippen LogP contribution in [0.5, 0.6) is 0 Å². The maximum Gasteiger partial charge on any atom is 0.312 e. The number of rotatable bonds is 19. The van der Waals surface area contributed by atoms with Gasteiger partial charge in [0.2, 0.25) is 29.5 Å². The first-order valence-electron chi connectivity index (χ1n) is 17.7. The Labute approximate surface area is 292 Å². The number of nitrogens with zero attached hydrogens (tertiary/aromatic N) is 1. The van der Waals surface area contributed by atoms with Crippen LogP contribution in [0.15, 0.2) is 24.3 Å². The molecule has 0 aliphatic carbocycles. The zero-order valence-electron chi connectivity index (χ0n) is 30.9. The average molecular weight is 685 g/mol. The van der Waals surface area contributed by atoms with Gasteiger partial charge in [0.1, 0.15) is 12.1 Å². The topological polar surface area (TPSA) is 180 Å². The van der Waals surface area contributed by atoms with Crippen molar-refractivity contribution in [3.63, 3.8) is 0 Å². The van der Waals surface area contributed by atoms with Crippen LogP contribution in [0.1, 0.15) is 112 Å². The fourth-order valence-electron chi connectivity index (χ4n) is 5.88. The number of imide groups is 1. The lowest BCUT2D eigenvalue weighted by atomic mass is 9.76. The van der Waals surface area contributed by atoms with Crippen LogP contribution in [0.4, 0.5) is 10.5 Å². The van der Waals surface area contributed by atoms with Gasteiger partial charge in [-0.2, -0.15) is 0 Å². The van der Waals surface area contributed by atoms with E-state index in [4.69, 9.17) is 5.73 Å². The highest BCUT2D eigenvalue weighted by Crippen LogP contribution is 2.38. The summed E-state index contributed by atoms with van der Waals surface area (Å²) in [7, 11) is 0. The van der Waals surface area contributed by atoms with Crippen molar-refractivity contribution < 1.29 is 28.8 Å². The van der Waals surface area contributed by atoms with Gasteiger partial charge in [0.25, 0.3) is 0 Å². The molecule has 7 amide bonds. The van der Waals surface area contributed by atoms with Gasteiger partial charge in [0, 0.05) is 31.6 Å². The summed E-state index contributed by atoms with van der Waals surface area (Å²) in [6.07, 6.45) is 4.51. The second-order valence-electron chi connectivity index (χ2n) is 15.5. The normalized spacial score (nSPS) is 16.3. The number of nitrogens with one attached hydrogen (secondary N) is 4. The molecule has 1 aromatic carbocycles. The number of nitrogens with two attached hydrogens (primary N) is 1. The lowest BCUT2D eigenvalue weighted by Gasteiger charge is -2.28. The molecule has 12 heteroatoms. The predicted molar refractivity (Wildman–Crippen MR) is 191 cm³/mol. The van der Waals surface area contributed by atoms with Crippen LogP contribution in [0.3, 0.4) is 0 Å². The molecule has 274 valence electrons. The number of carbonyl (C=O) groups excluding carboxylic acids is 6. The van der Waals surface area contributed by atoms with E-state index in [1.54, 1.807) is 0 Å². The van der Waals surface area contributed by atoms with Crippen LogP contribution in [-0.2, 0) is 30.4 Å². The second-order valence-corrected chi connectivity index (χ2v) is 15.5. The SMILES string of the molecule is CCC(C)(C)C1CC(=O)N(CCCCCC(=O)NC(C(=O)N[C@H](CCCNC(N)=O)C(=O)Nc2ccc(CC(C)(C)C)cc2)C(C)C)C1=O. The number of urea groups is 1. The Morgan fingerprint density at radius 1 is 0.918 bits per heavy atom. The van der Waals surface area contributed by atoms with E-state index >= 15 is 0 Å². The maximum absolute atomic E-state index is 13.4. The van der Waals surface area contributed by atoms with Crippen molar-refractivity contribution in [3.8, 4) is 0 Å². The quantitative estimate of drug-likeness (QED) is 0.104. The molecule has 1 aliphatic rings. The minimum absolute atomic E-state index is 0.106. The van der Waals surface area contributed by atoms with Gasteiger partial charge >= 0.3 is 6.03 Å². The van der Waals surface area contributed by atoms with Crippen molar-refractivity contribution in [1.29, 1.82) is 0 Å². The Morgan fingerprint density at radius 2 is 1.57 bits per heavy atom. The van der Waals surface area contributed by atoms with Crippen molar-refractivity contribution in [2.24, 2.45) is 28.4 Å². The van der Waals surface area contributed by atoms with Gasteiger partial charge in [-0.15, -0.1) is 0 Å². The van der Waals surface area contributed by atoms with Crippen LogP contribution in [0.25, 0.3) is 0 Å². The van der Waals surface area contributed by atoms with Gasteiger partial charge in [-0.1, -0.05) is 80.4 Å². The van der Waals surface area contributed by atoms with E-state index in [-0.39, 0.29) is 66.2 Å². The van der Waals surface area contributed by atoms with Crippen molar-refractivity contribution in [1.82, 2.24) is 20.9 Å². The molecule has 0 saturated carbocycles. The number of benzene rings is 1. The summed E-state index contributed by atoms with van der Waals surface area (Å²) in [6, 6.07) is 5.11. The fraction of sp³-hybridized carbons (Fsp3) is 0.676. The Kier molecular flexibility index (Phi) is 15.7. The van der Waals surface area contributed by atoms with Crippen LogP contribution < -0.4 is 27.0 Å². The van der Waals surface area contributed by atoms with Crippen LogP contribution in [-0.4, -0.2) is 65.6 Å². The molecule has 49 heavy (non-hydrogen) atoms. The third-order valence-electron chi connectivity index (χ3n) is 9.21. The summed E-state index contributed by atoms with van der Waals surface area (Å²) in [6.45, 7) is 16.7. The first kappa shape index (κ1) is 41.2. The largest absolute Gasteiger partial charge is 0.352 e. The molecule has 0 radical (unpaired) electrons. The van der Waals surface area contributed by atoms with E-state index in [0.29, 0.717) is 37.9 Å². The van der Waals surface area contributed by atoms with Crippen LogP contribution in [0.2, 0.25) is 0 Å². The number of likely N-dealkylation sites (tertiary alicyclic amines) is 1. The molecule has 12 nitrogen and oxygen atoms in total. The fourth-order valence-corrected chi connectivity index (χ4v) is 5.88. The molecule has 0 aromatic heterocycles. The van der Waals surface area contributed by atoms with Gasteiger partial charge in [-0.25, -0.2) is 4.79 Å². The number of anilines is 1. The summed E-state index contributed by atoms with van der Waals surface area (Å²) in [5, 5.41) is 11.0. The van der Waals surface area contributed by atoms with Gasteiger partial charge < -0.3 is 27.0 Å². The van der Waals surface area contributed by atoms with Gasteiger partial charge in [-0.05, 0) is 66.5 Å². The van der Waals surface area contributed by atoms with E-state index in [9.17, 15) is 28.8 Å². The number of hydrogen-bond acceptors (Lipinski definition) is 6. The molecule has 1 fully saturated rings. The molecule has 1 aliphatic heterocycles. The van der Waals surface area contributed by atoms with E-state index < -0.39 is 29.9 Å². The van der Waals surface area contributed by atoms with E-state index in [1.807, 2.05) is 58.9 Å². The number of unbranched alkanes of at least 4 members (excludes halogenated alkanes) is 2. The molecule has 0 spiro atoms. The molecular formula is C37H60N6O6. The molecule has 2 unspecified atom stereocenters. The number of primary amides is 1. The smallest absolute Gasteiger partial charge is 0.312 e. The van der Waals surface area contributed by atoms with Crippen molar-refractivity contribution in [2.75, 3.05) is 18.4 Å². The molecule has 0 bridgehead atoms. The van der Waals surface area contributed by atoms with Gasteiger partial charge in [-0.3, -0.25) is 28.9 Å². The zero-order chi connectivity index (χ0) is 36.9. The van der Waals surface area contributed by atoms with Crippen LogP contribution >= 0.6 is 0 Å². The Morgan fingerprint density at radius 3 is 2.14 bits per heavy atom. The second kappa shape index (κ2) is 18.7. The Bertz CT molecular complexity index is 1300. The summed E-state index contributed by atoms with van der Waals surface area (Å²) >= 11 is 0. The molecule has 6 N–H and O–H groups in total. The lowest BCUT2D eigenvalue weighted by molar-refractivity contribution is -0.140. The van der Waals surface area contributed by atoms with Crippen LogP contribution in [0, 0.1) is 22.7 Å². The van der Waals surface area contributed by atoms with Crippen molar-refractivity contribution in [2.45, 2.75) is 125 Å². The predicted octanol–water partition coefficient (Wildman–Crippen LogP) is 4.66. The lowest BCUT2D eigenvalue weighted by Crippen LogP contribution is -2.54. The molecule has 1 heterocycles. The first-order chi connectivity index (χ1) is 22.8. The molecule has 1 saturated heterocycles. The minimum atomic E-state index is -0.923. The number of amides is 7. The van der Waals surface area contributed by atoms with Crippen molar-refractivity contribution in [3.05, 3.63) is 29.8 Å². The molecule has 3 atom stereocenters.